The van der Waals surface area contributed by atoms with Crippen molar-refractivity contribution in [1.29, 1.82) is 0 Å². The first-order valence-electron chi connectivity index (χ1n) is 11.7. The summed E-state index contributed by atoms with van der Waals surface area (Å²) in [5.74, 6) is -0.341. The van der Waals surface area contributed by atoms with Gasteiger partial charge in [-0.2, -0.15) is 0 Å². The molecular weight excluding hydrogens is 432 g/mol. The van der Waals surface area contributed by atoms with Crippen LogP contribution in [-0.2, 0) is 11.2 Å². The zero-order valence-corrected chi connectivity index (χ0v) is 20.0. The number of nitrogens with zero attached hydrogens (tertiary/aromatic N) is 2. The predicted molar refractivity (Wildman–Crippen MR) is 125 cm³/mol. The second-order valence-electron chi connectivity index (χ2n) is 10.6. The molecule has 32 heavy (non-hydrogen) atoms. The van der Waals surface area contributed by atoms with Crippen LogP contribution in [0.5, 0.6) is 0 Å². The third kappa shape index (κ3) is 5.12. The molecule has 1 aromatic heterocycles. The molecule has 2 aliphatic heterocycles. The Kier molecular flexibility index (Phi) is 6.83. The molecule has 7 heteroatoms. The summed E-state index contributed by atoms with van der Waals surface area (Å²) in [6, 6.07) is 5.92. The van der Waals surface area contributed by atoms with Crippen LogP contribution in [0.1, 0.15) is 63.8 Å². The van der Waals surface area contributed by atoms with Crippen LogP contribution in [0.4, 0.5) is 8.78 Å². The van der Waals surface area contributed by atoms with Crippen molar-refractivity contribution in [2.75, 3.05) is 26.2 Å². The molecule has 4 rings (SSSR count). The summed E-state index contributed by atoms with van der Waals surface area (Å²) < 4.78 is 25.8. The third-order valence-corrected chi connectivity index (χ3v) is 7.20. The number of hydrogen-bond acceptors (Lipinski definition) is 2. The Balaban J connectivity index is 1.49. The van der Waals surface area contributed by atoms with Gasteiger partial charge in [-0.1, -0.05) is 32.4 Å². The van der Waals surface area contributed by atoms with Gasteiger partial charge in [0.2, 0.25) is 12.3 Å². The zero-order valence-electron chi connectivity index (χ0n) is 19.3. The highest BCUT2D eigenvalue weighted by atomic mass is 35.5. The van der Waals surface area contributed by atoms with E-state index >= 15 is 0 Å². The van der Waals surface area contributed by atoms with E-state index in [1.165, 1.54) is 5.56 Å². The van der Waals surface area contributed by atoms with E-state index in [2.05, 4.69) is 30.7 Å². The maximum absolute atomic E-state index is 13.3. The van der Waals surface area contributed by atoms with E-state index in [0.29, 0.717) is 45.4 Å². The standard InChI is InChI=1S/C25H34ClF2N3O/c1-25(2,3)15-21-23-18(19-14-17(26)4-5-20(19)29-23)8-13-31(21)22(32)9-12-30-10-6-16(7-11-30)24(27)28/h4-5,14,16,21,24,29H,6-13,15H2,1-3H3. The lowest BCUT2D eigenvalue weighted by Gasteiger charge is -2.39. The van der Waals surface area contributed by atoms with Crippen molar-refractivity contribution in [2.24, 2.45) is 11.3 Å². The normalized spacial score (nSPS) is 20.8. The highest BCUT2D eigenvalue weighted by Gasteiger charge is 2.36. The van der Waals surface area contributed by atoms with Crippen LogP contribution in [0, 0.1) is 11.3 Å². The molecule has 2 aliphatic rings. The number of rotatable bonds is 5. The van der Waals surface area contributed by atoms with Crippen molar-refractivity contribution in [1.82, 2.24) is 14.8 Å². The third-order valence-electron chi connectivity index (χ3n) is 6.97. The van der Waals surface area contributed by atoms with Crippen molar-refractivity contribution in [3.8, 4) is 0 Å². The topological polar surface area (TPSA) is 39.3 Å². The Morgan fingerprint density at radius 2 is 1.94 bits per heavy atom. The number of benzene rings is 1. The fourth-order valence-corrected chi connectivity index (χ4v) is 5.43. The number of piperidine rings is 1. The predicted octanol–water partition coefficient (Wildman–Crippen LogP) is 6.05. The van der Waals surface area contributed by atoms with E-state index in [9.17, 15) is 13.6 Å². The molecule has 1 fully saturated rings. The largest absolute Gasteiger partial charge is 0.356 e. The maximum Gasteiger partial charge on any atom is 0.241 e. The second-order valence-corrected chi connectivity index (χ2v) is 11.0. The lowest BCUT2D eigenvalue weighted by Crippen LogP contribution is -2.43. The van der Waals surface area contributed by atoms with Crippen molar-refractivity contribution in [3.05, 3.63) is 34.5 Å². The minimum atomic E-state index is -2.23. The van der Waals surface area contributed by atoms with E-state index in [-0.39, 0.29) is 17.4 Å². The van der Waals surface area contributed by atoms with E-state index in [1.807, 2.05) is 23.1 Å². The number of carbonyl (C=O) groups is 1. The molecule has 2 aromatic rings. The van der Waals surface area contributed by atoms with Crippen LogP contribution in [0.3, 0.4) is 0 Å². The van der Waals surface area contributed by atoms with Gasteiger partial charge in [0.05, 0.1) is 6.04 Å². The molecule has 1 N–H and O–H groups in total. The average molecular weight is 466 g/mol. The molecule has 1 aromatic carbocycles. The van der Waals surface area contributed by atoms with Crippen LogP contribution in [0.25, 0.3) is 10.9 Å². The molecule has 0 radical (unpaired) electrons. The maximum atomic E-state index is 13.3. The van der Waals surface area contributed by atoms with Crippen LogP contribution < -0.4 is 0 Å². The lowest BCUT2D eigenvalue weighted by molar-refractivity contribution is -0.135. The van der Waals surface area contributed by atoms with E-state index in [4.69, 9.17) is 11.6 Å². The number of halogens is 3. The van der Waals surface area contributed by atoms with Gasteiger partial charge in [-0.3, -0.25) is 4.79 Å². The number of alkyl halides is 2. The van der Waals surface area contributed by atoms with Gasteiger partial charge in [-0.05, 0) is 68.0 Å². The van der Waals surface area contributed by atoms with Gasteiger partial charge in [0.1, 0.15) is 0 Å². The van der Waals surface area contributed by atoms with Crippen molar-refractivity contribution in [2.45, 2.75) is 65.3 Å². The van der Waals surface area contributed by atoms with Crippen molar-refractivity contribution >= 4 is 28.4 Å². The second kappa shape index (κ2) is 9.30. The highest BCUT2D eigenvalue weighted by molar-refractivity contribution is 6.31. The molecule has 0 saturated carbocycles. The molecule has 1 saturated heterocycles. The SMILES string of the molecule is CC(C)(C)CC1c2[nH]c3ccc(Cl)cc3c2CCN1C(=O)CCN1CCC(C(F)F)CC1. The summed E-state index contributed by atoms with van der Waals surface area (Å²) in [4.78, 5) is 21.1. The van der Waals surface area contributed by atoms with Crippen LogP contribution in [-0.4, -0.2) is 53.3 Å². The van der Waals surface area contributed by atoms with E-state index < -0.39 is 12.3 Å². The van der Waals surface area contributed by atoms with Gasteiger partial charge in [-0.25, -0.2) is 8.78 Å². The van der Waals surface area contributed by atoms with Gasteiger partial charge in [0.25, 0.3) is 0 Å². The Morgan fingerprint density at radius 3 is 2.59 bits per heavy atom. The van der Waals surface area contributed by atoms with Gasteiger partial charge < -0.3 is 14.8 Å². The minimum absolute atomic E-state index is 0.00185. The number of fused-ring (bicyclic) bond motifs is 3. The smallest absolute Gasteiger partial charge is 0.241 e. The van der Waals surface area contributed by atoms with Gasteiger partial charge in [-0.15, -0.1) is 0 Å². The Bertz CT molecular complexity index is 960. The number of amides is 1. The summed E-state index contributed by atoms with van der Waals surface area (Å²) in [5, 5.41) is 1.88. The molecule has 1 amide bonds. The summed E-state index contributed by atoms with van der Waals surface area (Å²) >= 11 is 6.26. The molecular formula is C25H34ClF2N3O. The summed E-state index contributed by atoms with van der Waals surface area (Å²) in [6.45, 7) is 9.26. The first-order chi connectivity index (χ1) is 15.1. The van der Waals surface area contributed by atoms with Crippen molar-refractivity contribution in [3.63, 3.8) is 0 Å². The quantitative estimate of drug-likeness (QED) is 0.583. The molecule has 1 unspecified atom stereocenters. The molecule has 3 heterocycles. The van der Waals surface area contributed by atoms with E-state index in [1.54, 1.807) is 0 Å². The van der Waals surface area contributed by atoms with Gasteiger partial charge in [0.15, 0.2) is 0 Å². The van der Waals surface area contributed by atoms with Gasteiger partial charge >= 0.3 is 0 Å². The van der Waals surface area contributed by atoms with Crippen LogP contribution >= 0.6 is 11.6 Å². The monoisotopic (exact) mass is 465 g/mol. The summed E-state index contributed by atoms with van der Waals surface area (Å²) in [5.41, 5.74) is 3.53. The van der Waals surface area contributed by atoms with Gasteiger partial charge in [0, 0.05) is 47.0 Å². The van der Waals surface area contributed by atoms with Crippen molar-refractivity contribution < 1.29 is 13.6 Å². The lowest BCUT2D eigenvalue weighted by atomic mass is 9.83. The number of likely N-dealkylation sites (tertiary alicyclic amines) is 1. The summed E-state index contributed by atoms with van der Waals surface area (Å²) in [7, 11) is 0. The Hall–Kier alpha value is -1.66. The fourth-order valence-electron chi connectivity index (χ4n) is 5.26. The minimum Gasteiger partial charge on any atom is -0.356 e. The molecule has 0 spiro atoms. The van der Waals surface area contributed by atoms with Crippen LogP contribution in [0.2, 0.25) is 5.02 Å². The molecule has 0 aliphatic carbocycles. The number of nitrogens with one attached hydrogen (secondary N) is 1. The molecule has 0 bridgehead atoms. The molecule has 176 valence electrons. The number of aromatic amines is 1. The number of carbonyl (C=O) groups excluding carboxylic acids is 1. The first kappa shape index (κ1) is 23.5. The Morgan fingerprint density at radius 1 is 1.22 bits per heavy atom. The molecule has 4 nitrogen and oxygen atoms in total. The van der Waals surface area contributed by atoms with E-state index in [0.717, 1.165) is 34.5 Å². The number of H-pyrrole nitrogens is 1. The number of hydrogen-bond donors (Lipinski definition) is 1. The molecule has 1 atom stereocenters. The Labute approximate surface area is 194 Å². The number of aromatic nitrogens is 1. The zero-order chi connectivity index (χ0) is 23.0. The average Bonchev–Trinajstić information content (AvgIpc) is 3.10. The summed E-state index contributed by atoms with van der Waals surface area (Å²) in [6.07, 6.45) is 0.910. The van der Waals surface area contributed by atoms with Crippen LogP contribution in [0.15, 0.2) is 18.2 Å². The first-order valence-corrected chi connectivity index (χ1v) is 12.1. The highest BCUT2D eigenvalue weighted by Crippen LogP contribution is 2.41. The fraction of sp³-hybridized carbons (Fsp3) is 0.640.